The Labute approximate surface area is 145 Å². The van der Waals surface area contributed by atoms with Gasteiger partial charge in [-0.3, -0.25) is 0 Å². The highest BCUT2D eigenvalue weighted by atomic mass is 19.4. The fraction of sp³-hybridized carbons (Fsp3) is 0.176. The number of pyridine rings is 1. The van der Waals surface area contributed by atoms with Gasteiger partial charge in [0.15, 0.2) is 5.69 Å². The minimum absolute atomic E-state index is 0.0415. The zero-order valence-corrected chi connectivity index (χ0v) is 13.5. The molecule has 9 heteroatoms. The number of nitrogens with zero attached hydrogens (tertiary/aromatic N) is 3. The van der Waals surface area contributed by atoms with Gasteiger partial charge in [0.25, 0.3) is 0 Å². The maximum atomic E-state index is 13.1. The summed E-state index contributed by atoms with van der Waals surface area (Å²) in [6.07, 6.45) is -4.56. The Hall–Kier alpha value is -3.10. The van der Waals surface area contributed by atoms with Crippen LogP contribution < -0.4 is 9.47 Å². The van der Waals surface area contributed by atoms with Crippen molar-refractivity contribution in [2.75, 3.05) is 0 Å². The van der Waals surface area contributed by atoms with Crippen molar-refractivity contribution in [1.29, 1.82) is 0 Å². The third-order valence-electron chi connectivity index (χ3n) is 3.30. The molecule has 136 valence electrons. The van der Waals surface area contributed by atoms with Crippen LogP contribution in [0.4, 0.5) is 17.6 Å². The van der Waals surface area contributed by atoms with E-state index in [1.54, 1.807) is 18.2 Å². The zero-order valence-electron chi connectivity index (χ0n) is 13.5. The van der Waals surface area contributed by atoms with Crippen LogP contribution in [0.15, 0.2) is 48.5 Å². The molecule has 0 fully saturated rings. The van der Waals surface area contributed by atoms with Gasteiger partial charge in [0.1, 0.15) is 18.2 Å². The van der Waals surface area contributed by atoms with E-state index in [1.165, 1.54) is 31.3 Å². The van der Waals surface area contributed by atoms with Crippen molar-refractivity contribution >= 4 is 0 Å². The van der Waals surface area contributed by atoms with E-state index < -0.39 is 17.7 Å². The van der Waals surface area contributed by atoms with Crippen LogP contribution in [0.5, 0.6) is 17.5 Å². The Morgan fingerprint density at radius 1 is 1.08 bits per heavy atom. The SMILES string of the molecule is Cn1nc(C(F)(F)F)cc1Oc1cccc(COc2cccc(F)c2)n1. The molecule has 0 spiro atoms. The van der Waals surface area contributed by atoms with Crippen molar-refractivity contribution in [2.45, 2.75) is 12.8 Å². The van der Waals surface area contributed by atoms with Gasteiger partial charge < -0.3 is 9.47 Å². The minimum atomic E-state index is -4.56. The van der Waals surface area contributed by atoms with Crippen LogP contribution in [0.25, 0.3) is 0 Å². The summed E-state index contributed by atoms with van der Waals surface area (Å²) in [4.78, 5) is 4.15. The van der Waals surface area contributed by atoms with Gasteiger partial charge in [-0.25, -0.2) is 14.1 Å². The third kappa shape index (κ3) is 4.29. The summed E-state index contributed by atoms with van der Waals surface area (Å²) >= 11 is 0. The van der Waals surface area contributed by atoms with Crippen LogP contribution >= 0.6 is 0 Å². The number of rotatable bonds is 5. The van der Waals surface area contributed by atoms with E-state index in [0.29, 0.717) is 11.4 Å². The molecule has 2 aromatic heterocycles. The molecule has 0 aliphatic carbocycles. The Morgan fingerprint density at radius 3 is 2.54 bits per heavy atom. The van der Waals surface area contributed by atoms with E-state index in [9.17, 15) is 17.6 Å². The Bertz CT molecular complexity index is 909. The average molecular weight is 367 g/mol. The molecule has 0 radical (unpaired) electrons. The number of aryl methyl sites for hydroxylation is 1. The molecule has 0 atom stereocenters. The number of aromatic nitrogens is 3. The summed E-state index contributed by atoms with van der Waals surface area (Å²) in [5.41, 5.74) is -0.592. The van der Waals surface area contributed by atoms with E-state index in [2.05, 4.69) is 10.1 Å². The van der Waals surface area contributed by atoms with Gasteiger partial charge in [-0.05, 0) is 18.2 Å². The first-order valence-electron chi connectivity index (χ1n) is 7.44. The highest BCUT2D eigenvalue weighted by Gasteiger charge is 2.35. The highest BCUT2D eigenvalue weighted by Crippen LogP contribution is 2.31. The van der Waals surface area contributed by atoms with Crippen molar-refractivity contribution in [3.05, 3.63) is 65.7 Å². The van der Waals surface area contributed by atoms with E-state index in [4.69, 9.17) is 9.47 Å². The highest BCUT2D eigenvalue weighted by molar-refractivity contribution is 5.26. The lowest BCUT2D eigenvalue weighted by molar-refractivity contribution is -0.141. The maximum absolute atomic E-state index is 13.1. The van der Waals surface area contributed by atoms with Crippen molar-refractivity contribution in [1.82, 2.24) is 14.8 Å². The van der Waals surface area contributed by atoms with Gasteiger partial charge in [0, 0.05) is 25.2 Å². The lowest BCUT2D eigenvalue weighted by atomic mass is 10.3. The molecular weight excluding hydrogens is 354 g/mol. The number of hydrogen-bond donors (Lipinski definition) is 0. The van der Waals surface area contributed by atoms with Gasteiger partial charge in [0.05, 0.1) is 5.69 Å². The Kier molecular flexibility index (Phi) is 4.79. The number of halogens is 4. The summed E-state index contributed by atoms with van der Waals surface area (Å²) in [6, 6.07) is 11.2. The summed E-state index contributed by atoms with van der Waals surface area (Å²) < 4.78 is 62.9. The second kappa shape index (κ2) is 7.03. The zero-order chi connectivity index (χ0) is 18.7. The molecule has 26 heavy (non-hydrogen) atoms. The van der Waals surface area contributed by atoms with Gasteiger partial charge in [-0.2, -0.15) is 18.3 Å². The predicted octanol–water partition coefficient (Wildman–Crippen LogP) is 4.34. The van der Waals surface area contributed by atoms with Gasteiger partial charge in [-0.1, -0.05) is 12.1 Å². The summed E-state index contributed by atoms with van der Waals surface area (Å²) in [5.74, 6) is -0.112. The molecule has 0 aliphatic rings. The molecule has 5 nitrogen and oxygen atoms in total. The molecule has 0 saturated heterocycles. The molecule has 1 aromatic carbocycles. The third-order valence-corrected chi connectivity index (χ3v) is 3.30. The quantitative estimate of drug-likeness (QED) is 0.630. The maximum Gasteiger partial charge on any atom is 0.435 e. The van der Waals surface area contributed by atoms with E-state index >= 15 is 0 Å². The van der Waals surface area contributed by atoms with Crippen molar-refractivity contribution in [2.24, 2.45) is 7.05 Å². The number of benzene rings is 1. The smallest absolute Gasteiger partial charge is 0.435 e. The van der Waals surface area contributed by atoms with Crippen LogP contribution in [-0.4, -0.2) is 14.8 Å². The molecule has 0 aliphatic heterocycles. The molecule has 3 aromatic rings. The average Bonchev–Trinajstić information content (AvgIpc) is 2.95. The normalized spacial score (nSPS) is 11.4. The van der Waals surface area contributed by atoms with Crippen LogP contribution in [0.3, 0.4) is 0 Å². The molecule has 0 unspecified atom stereocenters. The fourth-order valence-electron chi connectivity index (χ4n) is 2.10. The van der Waals surface area contributed by atoms with E-state index in [1.807, 2.05) is 0 Å². The molecular formula is C17H13F4N3O2. The largest absolute Gasteiger partial charge is 0.487 e. The first-order chi connectivity index (χ1) is 12.3. The van der Waals surface area contributed by atoms with Gasteiger partial charge in [-0.15, -0.1) is 0 Å². The second-order valence-corrected chi connectivity index (χ2v) is 5.30. The van der Waals surface area contributed by atoms with Crippen LogP contribution in [0.1, 0.15) is 11.4 Å². The molecule has 3 rings (SSSR count). The monoisotopic (exact) mass is 367 g/mol. The Morgan fingerprint density at radius 2 is 1.85 bits per heavy atom. The van der Waals surface area contributed by atoms with Crippen molar-refractivity contribution in [3.63, 3.8) is 0 Å². The lowest BCUT2D eigenvalue weighted by Gasteiger charge is -2.08. The number of hydrogen-bond acceptors (Lipinski definition) is 4. The lowest BCUT2D eigenvalue weighted by Crippen LogP contribution is -2.06. The Balaban J connectivity index is 1.70. The molecule has 0 amide bonds. The fourth-order valence-corrected chi connectivity index (χ4v) is 2.10. The molecule has 0 bridgehead atoms. The summed E-state index contributed by atoms with van der Waals surface area (Å²) in [7, 11) is 1.33. The van der Waals surface area contributed by atoms with E-state index in [-0.39, 0.29) is 18.4 Å². The number of alkyl halides is 3. The second-order valence-electron chi connectivity index (χ2n) is 5.30. The van der Waals surface area contributed by atoms with Gasteiger partial charge in [0.2, 0.25) is 11.8 Å². The molecule has 2 heterocycles. The molecule has 0 N–H and O–H groups in total. The van der Waals surface area contributed by atoms with Crippen LogP contribution in [0.2, 0.25) is 0 Å². The number of ether oxygens (including phenoxy) is 2. The van der Waals surface area contributed by atoms with Crippen LogP contribution in [-0.2, 0) is 19.8 Å². The summed E-state index contributed by atoms with van der Waals surface area (Å²) in [5, 5.41) is 3.36. The molecule has 0 saturated carbocycles. The minimum Gasteiger partial charge on any atom is -0.487 e. The first kappa shape index (κ1) is 17.7. The first-order valence-corrected chi connectivity index (χ1v) is 7.44. The topological polar surface area (TPSA) is 49.2 Å². The predicted molar refractivity (Wildman–Crippen MR) is 83.3 cm³/mol. The van der Waals surface area contributed by atoms with Crippen molar-refractivity contribution in [3.8, 4) is 17.5 Å². The summed E-state index contributed by atoms with van der Waals surface area (Å²) in [6.45, 7) is 0.0415. The van der Waals surface area contributed by atoms with Crippen molar-refractivity contribution < 1.29 is 27.0 Å². The van der Waals surface area contributed by atoms with Gasteiger partial charge >= 0.3 is 6.18 Å². The standard InChI is InChI=1S/C17H13F4N3O2/c1-24-16(9-14(23-24)17(19,20)21)26-15-7-3-5-12(22-15)10-25-13-6-2-4-11(18)8-13/h2-9H,10H2,1H3. The van der Waals surface area contributed by atoms with Crippen LogP contribution in [0, 0.1) is 5.82 Å². The van der Waals surface area contributed by atoms with E-state index in [0.717, 1.165) is 10.7 Å².